The molecular formula is C23H23N3O3. The first-order chi connectivity index (χ1) is 13.8. The molecule has 148 valence electrons. The lowest BCUT2D eigenvalue weighted by Gasteiger charge is -2.20. The van der Waals surface area contributed by atoms with Gasteiger partial charge in [0, 0.05) is 17.9 Å². The van der Waals surface area contributed by atoms with Crippen LogP contribution in [-0.4, -0.2) is 22.3 Å². The number of benzene rings is 2. The molecule has 3 rings (SSSR count). The molecule has 0 bridgehead atoms. The first-order valence-corrected chi connectivity index (χ1v) is 9.23. The maximum atomic E-state index is 12.7. The second-order valence-corrected chi connectivity index (χ2v) is 7.53. The van der Waals surface area contributed by atoms with Crippen LogP contribution in [0.3, 0.4) is 0 Å². The summed E-state index contributed by atoms with van der Waals surface area (Å²) in [5, 5.41) is 5.68. The number of rotatable bonds is 5. The Hall–Kier alpha value is -3.67. The maximum absolute atomic E-state index is 12.7. The molecular weight excluding hydrogens is 366 g/mol. The highest BCUT2D eigenvalue weighted by Crippen LogP contribution is 2.29. The fourth-order valence-electron chi connectivity index (χ4n) is 2.57. The quantitative estimate of drug-likeness (QED) is 0.665. The molecule has 6 nitrogen and oxygen atoms in total. The number of hydrogen-bond acceptors (Lipinski definition) is 4. The van der Waals surface area contributed by atoms with Crippen molar-refractivity contribution < 1.29 is 14.3 Å². The van der Waals surface area contributed by atoms with Crippen molar-refractivity contribution in [2.24, 2.45) is 0 Å². The van der Waals surface area contributed by atoms with Crippen molar-refractivity contribution in [1.29, 1.82) is 0 Å². The fourth-order valence-corrected chi connectivity index (χ4v) is 2.57. The van der Waals surface area contributed by atoms with Crippen LogP contribution in [0.5, 0.6) is 11.5 Å². The van der Waals surface area contributed by atoms with Gasteiger partial charge < -0.3 is 15.4 Å². The Bertz CT molecular complexity index is 1010. The lowest BCUT2D eigenvalue weighted by Crippen LogP contribution is -2.40. The standard InChI is InChI=1S/C23H23N3O3/c1-23(2,3)26-22(28)17-13-16(14-24-15-17)21(27)25-19-11-7-8-12-20(19)29-18-9-5-4-6-10-18/h4-15H,1-3H3,(H,25,27)(H,26,28). The fraction of sp³-hybridized carbons (Fsp3) is 0.174. The largest absolute Gasteiger partial charge is 0.455 e. The Balaban J connectivity index is 1.78. The molecule has 0 aliphatic rings. The highest BCUT2D eigenvalue weighted by molar-refractivity contribution is 6.06. The van der Waals surface area contributed by atoms with E-state index in [0.717, 1.165) is 0 Å². The van der Waals surface area contributed by atoms with E-state index in [9.17, 15) is 9.59 Å². The van der Waals surface area contributed by atoms with Crippen LogP contribution in [0.15, 0.2) is 73.1 Å². The van der Waals surface area contributed by atoms with E-state index in [0.29, 0.717) is 22.7 Å². The topological polar surface area (TPSA) is 80.3 Å². The molecule has 2 aromatic carbocycles. The van der Waals surface area contributed by atoms with Crippen molar-refractivity contribution >= 4 is 17.5 Å². The molecule has 0 saturated heterocycles. The summed E-state index contributed by atoms with van der Waals surface area (Å²) in [4.78, 5) is 29.1. The molecule has 0 aliphatic carbocycles. The van der Waals surface area contributed by atoms with Gasteiger partial charge in [-0.15, -0.1) is 0 Å². The normalized spacial score (nSPS) is 10.9. The van der Waals surface area contributed by atoms with Crippen LogP contribution in [-0.2, 0) is 0 Å². The molecule has 1 heterocycles. The predicted octanol–water partition coefficient (Wildman–Crippen LogP) is 4.65. The second-order valence-electron chi connectivity index (χ2n) is 7.53. The van der Waals surface area contributed by atoms with Crippen LogP contribution in [0.2, 0.25) is 0 Å². The SMILES string of the molecule is CC(C)(C)NC(=O)c1cncc(C(=O)Nc2ccccc2Oc2ccccc2)c1. The van der Waals surface area contributed by atoms with Crippen molar-refractivity contribution in [1.82, 2.24) is 10.3 Å². The van der Waals surface area contributed by atoms with Gasteiger partial charge in [0.1, 0.15) is 5.75 Å². The minimum Gasteiger partial charge on any atom is -0.455 e. The van der Waals surface area contributed by atoms with Crippen LogP contribution < -0.4 is 15.4 Å². The number of amides is 2. The Morgan fingerprint density at radius 1 is 0.862 bits per heavy atom. The molecule has 6 heteroatoms. The smallest absolute Gasteiger partial charge is 0.257 e. The molecule has 0 fully saturated rings. The summed E-state index contributed by atoms with van der Waals surface area (Å²) < 4.78 is 5.87. The molecule has 29 heavy (non-hydrogen) atoms. The van der Waals surface area contributed by atoms with Gasteiger partial charge in [-0.3, -0.25) is 14.6 Å². The summed E-state index contributed by atoms with van der Waals surface area (Å²) in [6, 6.07) is 18.0. The van der Waals surface area contributed by atoms with Crippen molar-refractivity contribution in [3.63, 3.8) is 0 Å². The highest BCUT2D eigenvalue weighted by atomic mass is 16.5. The number of aromatic nitrogens is 1. The Labute approximate surface area is 169 Å². The Kier molecular flexibility index (Phi) is 5.93. The molecule has 2 N–H and O–H groups in total. The van der Waals surface area contributed by atoms with Crippen molar-refractivity contribution in [2.75, 3.05) is 5.32 Å². The first kappa shape index (κ1) is 20.1. The summed E-state index contributed by atoms with van der Waals surface area (Å²) >= 11 is 0. The zero-order chi connectivity index (χ0) is 20.9. The number of para-hydroxylation sites is 3. The lowest BCUT2D eigenvalue weighted by molar-refractivity contribution is 0.0919. The van der Waals surface area contributed by atoms with Crippen LogP contribution in [0.1, 0.15) is 41.5 Å². The number of carbonyl (C=O) groups excluding carboxylic acids is 2. The third-order valence-corrected chi connectivity index (χ3v) is 3.86. The summed E-state index contributed by atoms with van der Waals surface area (Å²) in [6.07, 6.45) is 2.86. The van der Waals surface area contributed by atoms with Gasteiger partial charge in [-0.25, -0.2) is 0 Å². The number of nitrogens with one attached hydrogen (secondary N) is 2. The molecule has 0 radical (unpaired) electrons. The lowest BCUT2D eigenvalue weighted by atomic mass is 10.1. The predicted molar refractivity (Wildman–Crippen MR) is 112 cm³/mol. The van der Waals surface area contributed by atoms with E-state index < -0.39 is 0 Å². The third kappa shape index (κ3) is 5.65. The average molecular weight is 389 g/mol. The molecule has 1 aromatic heterocycles. The maximum Gasteiger partial charge on any atom is 0.257 e. The highest BCUT2D eigenvalue weighted by Gasteiger charge is 2.17. The minimum atomic E-state index is -0.386. The minimum absolute atomic E-state index is 0.279. The van der Waals surface area contributed by atoms with E-state index in [1.807, 2.05) is 57.2 Å². The summed E-state index contributed by atoms with van der Waals surface area (Å²) in [5.41, 5.74) is 0.733. The average Bonchev–Trinajstić information content (AvgIpc) is 2.69. The number of carbonyl (C=O) groups is 2. The number of anilines is 1. The first-order valence-electron chi connectivity index (χ1n) is 9.23. The summed E-state index contributed by atoms with van der Waals surface area (Å²) in [7, 11) is 0. The molecule has 0 unspecified atom stereocenters. The van der Waals surface area contributed by atoms with Gasteiger partial charge in [-0.2, -0.15) is 0 Å². The summed E-state index contributed by atoms with van der Waals surface area (Å²) in [6.45, 7) is 5.66. The number of nitrogens with zero attached hydrogens (tertiary/aromatic N) is 1. The van der Waals surface area contributed by atoms with E-state index in [1.165, 1.54) is 18.5 Å². The van der Waals surface area contributed by atoms with Crippen LogP contribution >= 0.6 is 0 Å². The van der Waals surface area contributed by atoms with E-state index in [1.54, 1.807) is 18.2 Å². The van der Waals surface area contributed by atoms with Crippen molar-refractivity contribution in [3.05, 3.63) is 84.2 Å². The van der Waals surface area contributed by atoms with E-state index >= 15 is 0 Å². The van der Waals surface area contributed by atoms with E-state index in [4.69, 9.17) is 4.74 Å². The Morgan fingerprint density at radius 2 is 1.48 bits per heavy atom. The van der Waals surface area contributed by atoms with Gasteiger partial charge >= 0.3 is 0 Å². The number of ether oxygens (including phenoxy) is 1. The van der Waals surface area contributed by atoms with Gasteiger partial charge in [0.2, 0.25) is 0 Å². The Morgan fingerprint density at radius 3 is 2.17 bits per heavy atom. The third-order valence-electron chi connectivity index (χ3n) is 3.86. The van der Waals surface area contributed by atoms with Gasteiger partial charge in [0.25, 0.3) is 11.8 Å². The van der Waals surface area contributed by atoms with Crippen LogP contribution in [0.25, 0.3) is 0 Å². The van der Waals surface area contributed by atoms with E-state index in [2.05, 4.69) is 15.6 Å². The molecule has 0 atom stereocenters. The zero-order valence-electron chi connectivity index (χ0n) is 16.6. The number of pyridine rings is 1. The number of hydrogen-bond donors (Lipinski definition) is 2. The van der Waals surface area contributed by atoms with E-state index in [-0.39, 0.29) is 22.9 Å². The molecule has 0 aliphatic heterocycles. The molecule has 2 amide bonds. The molecule has 0 spiro atoms. The van der Waals surface area contributed by atoms with Crippen molar-refractivity contribution in [2.45, 2.75) is 26.3 Å². The van der Waals surface area contributed by atoms with Gasteiger partial charge in [0.15, 0.2) is 5.75 Å². The molecule has 0 saturated carbocycles. The van der Waals surface area contributed by atoms with Gasteiger partial charge in [0.05, 0.1) is 16.8 Å². The summed E-state index contributed by atoms with van der Waals surface area (Å²) in [5.74, 6) is 0.512. The van der Waals surface area contributed by atoms with Crippen LogP contribution in [0, 0.1) is 0 Å². The molecule has 3 aromatic rings. The van der Waals surface area contributed by atoms with Gasteiger partial charge in [-0.1, -0.05) is 30.3 Å². The van der Waals surface area contributed by atoms with Gasteiger partial charge in [-0.05, 0) is 51.1 Å². The monoisotopic (exact) mass is 389 g/mol. The van der Waals surface area contributed by atoms with Crippen LogP contribution in [0.4, 0.5) is 5.69 Å². The zero-order valence-corrected chi connectivity index (χ0v) is 16.6. The second kappa shape index (κ2) is 8.56. The van der Waals surface area contributed by atoms with Crippen molar-refractivity contribution in [3.8, 4) is 11.5 Å².